The van der Waals surface area contributed by atoms with Gasteiger partial charge in [0.05, 0.1) is 29.4 Å². The van der Waals surface area contributed by atoms with Gasteiger partial charge in [0, 0.05) is 38.1 Å². The van der Waals surface area contributed by atoms with Gasteiger partial charge in [0.2, 0.25) is 0 Å². The van der Waals surface area contributed by atoms with Crippen LogP contribution in [0.1, 0.15) is 34.9 Å². The van der Waals surface area contributed by atoms with Crippen molar-refractivity contribution in [3.8, 4) is 6.07 Å². The molecule has 1 aliphatic heterocycles. The first kappa shape index (κ1) is 18.0. The molecule has 27 heavy (non-hydrogen) atoms. The maximum atomic E-state index is 13.0. The highest BCUT2D eigenvalue weighted by molar-refractivity contribution is 9.10. The van der Waals surface area contributed by atoms with Crippen LogP contribution in [0.25, 0.3) is 0 Å². The summed E-state index contributed by atoms with van der Waals surface area (Å²) in [6, 6.07) is 8.00. The molecule has 2 N–H and O–H groups in total. The van der Waals surface area contributed by atoms with Crippen LogP contribution in [0, 0.1) is 18.3 Å². The second-order valence-corrected chi connectivity index (χ2v) is 8.72. The highest BCUT2D eigenvalue weighted by Crippen LogP contribution is 2.48. The molecule has 0 fully saturated rings. The average molecular weight is 441 g/mol. The maximum absolute atomic E-state index is 13.0. The number of rotatable bonds is 2. The zero-order valence-electron chi connectivity index (χ0n) is 14.7. The van der Waals surface area contributed by atoms with Gasteiger partial charge in [-0.05, 0) is 53.9 Å². The minimum atomic E-state index is -0.402. The number of Topliss-reactive ketones (excluding diaryl/α,β-unsaturated/α-hetero) is 1. The number of anilines is 1. The normalized spacial score (nSPS) is 20.0. The summed E-state index contributed by atoms with van der Waals surface area (Å²) in [7, 11) is 0. The van der Waals surface area contributed by atoms with Crippen molar-refractivity contribution in [3.05, 3.63) is 67.5 Å². The summed E-state index contributed by atoms with van der Waals surface area (Å²) in [5.74, 6) is 0.0735. The van der Waals surface area contributed by atoms with E-state index in [1.165, 1.54) is 0 Å². The monoisotopic (exact) mass is 440 g/mol. The number of pyridine rings is 1. The number of nitrogens with two attached hydrogens (primary N) is 1. The van der Waals surface area contributed by atoms with E-state index in [-0.39, 0.29) is 5.78 Å². The number of aromatic nitrogens is 1. The molecular formula is C20H17BrN4OS. The third-order valence-electron chi connectivity index (χ3n) is 4.98. The predicted molar refractivity (Wildman–Crippen MR) is 109 cm³/mol. The van der Waals surface area contributed by atoms with Crippen LogP contribution in [-0.4, -0.2) is 10.8 Å². The molecule has 7 heteroatoms. The first-order valence-corrected chi connectivity index (χ1v) is 10.3. The molecule has 5 nitrogen and oxygen atoms in total. The summed E-state index contributed by atoms with van der Waals surface area (Å²) < 4.78 is 0.985. The van der Waals surface area contributed by atoms with Crippen LogP contribution in [0.15, 0.2) is 57.7 Å². The average Bonchev–Trinajstić information content (AvgIpc) is 3.00. The van der Waals surface area contributed by atoms with E-state index in [1.54, 1.807) is 23.7 Å². The molecule has 0 amide bonds. The van der Waals surface area contributed by atoms with Crippen molar-refractivity contribution in [1.82, 2.24) is 4.98 Å². The van der Waals surface area contributed by atoms with Gasteiger partial charge >= 0.3 is 0 Å². The van der Waals surface area contributed by atoms with Gasteiger partial charge in [-0.15, -0.1) is 11.3 Å². The van der Waals surface area contributed by atoms with E-state index in [4.69, 9.17) is 5.73 Å². The van der Waals surface area contributed by atoms with E-state index in [9.17, 15) is 10.1 Å². The molecule has 0 saturated heterocycles. The molecule has 1 aliphatic carbocycles. The number of carbonyl (C=O) groups excluding carboxylic acids is 1. The number of aryl methyl sites for hydroxylation is 1. The van der Waals surface area contributed by atoms with Crippen LogP contribution >= 0.6 is 27.3 Å². The number of hydrogen-bond acceptors (Lipinski definition) is 6. The zero-order valence-corrected chi connectivity index (χ0v) is 17.1. The molecule has 0 saturated carbocycles. The Labute approximate surface area is 169 Å². The highest BCUT2D eigenvalue weighted by atomic mass is 79.9. The van der Waals surface area contributed by atoms with Crippen LogP contribution in [0.5, 0.6) is 0 Å². The topological polar surface area (TPSA) is 83.0 Å². The van der Waals surface area contributed by atoms with Crippen molar-refractivity contribution >= 4 is 38.7 Å². The molecule has 2 aliphatic rings. The molecule has 4 rings (SSSR count). The molecule has 3 heterocycles. The standard InChI is InChI=1S/C20H17BrN4OS/c1-11-14(21)8-17(27-11)18-13(9-22)20(23)25(12-4-3-7-24-10-12)15-5-2-6-16(26)19(15)18/h3-4,7-8,10,18H,2,5-6,23H2,1H3. The Morgan fingerprint density at radius 3 is 2.89 bits per heavy atom. The summed E-state index contributed by atoms with van der Waals surface area (Å²) in [5.41, 5.74) is 9.27. The molecule has 2 aromatic rings. The number of thiophene rings is 1. The number of halogens is 1. The Morgan fingerprint density at radius 1 is 1.44 bits per heavy atom. The zero-order chi connectivity index (χ0) is 19.1. The molecule has 1 unspecified atom stereocenters. The Balaban J connectivity index is 1.98. The Hall–Kier alpha value is -2.43. The summed E-state index contributed by atoms with van der Waals surface area (Å²) in [6.45, 7) is 2.01. The van der Waals surface area contributed by atoms with Gasteiger partial charge < -0.3 is 5.73 Å². The van der Waals surface area contributed by atoms with Crippen molar-refractivity contribution in [2.45, 2.75) is 32.1 Å². The summed E-state index contributed by atoms with van der Waals surface area (Å²) in [5, 5.41) is 9.94. The first-order chi connectivity index (χ1) is 13.0. The largest absolute Gasteiger partial charge is 0.384 e. The fourth-order valence-corrected chi connectivity index (χ4v) is 5.46. The van der Waals surface area contributed by atoms with Crippen LogP contribution in [-0.2, 0) is 4.79 Å². The molecule has 0 aromatic carbocycles. The van der Waals surface area contributed by atoms with Crippen molar-refractivity contribution in [3.63, 3.8) is 0 Å². The smallest absolute Gasteiger partial charge is 0.161 e. The molecule has 136 valence electrons. The second-order valence-electron chi connectivity index (χ2n) is 6.58. The van der Waals surface area contributed by atoms with Gasteiger partial charge in [0.15, 0.2) is 5.78 Å². The minimum absolute atomic E-state index is 0.0950. The Morgan fingerprint density at radius 2 is 2.26 bits per heavy atom. The lowest BCUT2D eigenvalue weighted by atomic mass is 9.78. The van der Waals surface area contributed by atoms with Gasteiger partial charge in [-0.25, -0.2) is 0 Å². The molecule has 0 radical (unpaired) electrons. The molecule has 1 atom stereocenters. The summed E-state index contributed by atoms with van der Waals surface area (Å²) in [6.07, 6.45) is 5.42. The lowest BCUT2D eigenvalue weighted by molar-refractivity contribution is -0.116. The van der Waals surface area contributed by atoms with Crippen LogP contribution in [0.3, 0.4) is 0 Å². The third kappa shape index (κ3) is 2.89. The van der Waals surface area contributed by atoms with Crippen molar-refractivity contribution < 1.29 is 4.79 Å². The summed E-state index contributed by atoms with van der Waals surface area (Å²) >= 11 is 5.14. The van der Waals surface area contributed by atoms with Crippen molar-refractivity contribution in [2.75, 3.05) is 4.90 Å². The SMILES string of the molecule is Cc1sc(C2C(C#N)=C(N)N(c3cccnc3)C3=C2C(=O)CCC3)cc1Br. The summed E-state index contributed by atoms with van der Waals surface area (Å²) in [4.78, 5) is 21.1. The van der Waals surface area contributed by atoms with Crippen LogP contribution in [0.2, 0.25) is 0 Å². The maximum Gasteiger partial charge on any atom is 0.161 e. The quantitative estimate of drug-likeness (QED) is 0.741. The molecule has 0 spiro atoms. The Kier molecular flexibility index (Phi) is 4.62. The molecule has 2 aromatic heterocycles. The van der Waals surface area contributed by atoms with Gasteiger partial charge in [0.1, 0.15) is 5.82 Å². The third-order valence-corrected chi connectivity index (χ3v) is 7.18. The second kappa shape index (κ2) is 6.95. The van der Waals surface area contributed by atoms with Crippen LogP contribution in [0.4, 0.5) is 5.69 Å². The Bertz CT molecular complexity index is 1010. The number of allylic oxidation sites excluding steroid dienone is 3. The first-order valence-electron chi connectivity index (χ1n) is 8.65. The fourth-order valence-electron chi connectivity index (χ4n) is 3.78. The van der Waals surface area contributed by atoms with Crippen LogP contribution < -0.4 is 10.6 Å². The highest BCUT2D eigenvalue weighted by Gasteiger charge is 2.41. The molecular weight excluding hydrogens is 424 g/mol. The van der Waals surface area contributed by atoms with E-state index >= 15 is 0 Å². The molecule has 0 bridgehead atoms. The van der Waals surface area contributed by atoms with E-state index < -0.39 is 5.92 Å². The van der Waals surface area contributed by atoms with Crippen molar-refractivity contribution in [2.24, 2.45) is 5.73 Å². The number of ketones is 1. The van der Waals surface area contributed by atoms with E-state index in [0.717, 1.165) is 38.5 Å². The van der Waals surface area contributed by atoms with Gasteiger partial charge in [-0.2, -0.15) is 5.26 Å². The lowest BCUT2D eigenvalue weighted by Gasteiger charge is -2.39. The van der Waals surface area contributed by atoms with E-state index in [1.807, 2.05) is 30.0 Å². The minimum Gasteiger partial charge on any atom is -0.384 e. The van der Waals surface area contributed by atoms with Gasteiger partial charge in [0.25, 0.3) is 0 Å². The number of carbonyl (C=O) groups is 1. The lowest BCUT2D eigenvalue weighted by Crippen LogP contribution is -2.38. The van der Waals surface area contributed by atoms with Crippen molar-refractivity contribution in [1.29, 1.82) is 5.26 Å². The van der Waals surface area contributed by atoms with Gasteiger partial charge in [-0.3, -0.25) is 14.7 Å². The number of nitrogens with zero attached hydrogens (tertiary/aromatic N) is 3. The van der Waals surface area contributed by atoms with E-state index in [0.29, 0.717) is 23.4 Å². The number of nitriles is 1. The van der Waals surface area contributed by atoms with E-state index in [2.05, 4.69) is 27.0 Å². The predicted octanol–water partition coefficient (Wildman–Crippen LogP) is 4.52. The van der Waals surface area contributed by atoms with Gasteiger partial charge in [-0.1, -0.05) is 0 Å². The fraction of sp³-hybridized carbons (Fsp3) is 0.250. The number of hydrogen-bond donors (Lipinski definition) is 1.